The van der Waals surface area contributed by atoms with E-state index in [4.69, 9.17) is 0 Å². The lowest BCUT2D eigenvalue weighted by Crippen LogP contribution is -2.55. The molecule has 0 aliphatic carbocycles. The SMILES string of the molecule is CCCC1C(=O)NCCN1c1ccc2nccnc2n1. The summed E-state index contributed by atoms with van der Waals surface area (Å²) in [6.07, 6.45) is 5.07. The lowest BCUT2D eigenvalue weighted by Gasteiger charge is -2.35. The van der Waals surface area contributed by atoms with Crippen molar-refractivity contribution in [2.45, 2.75) is 25.8 Å². The van der Waals surface area contributed by atoms with E-state index in [1.54, 1.807) is 12.4 Å². The van der Waals surface area contributed by atoms with Crippen LogP contribution in [0.15, 0.2) is 24.5 Å². The van der Waals surface area contributed by atoms with E-state index >= 15 is 0 Å². The Morgan fingerprint density at radius 3 is 3.05 bits per heavy atom. The Kier molecular flexibility index (Phi) is 3.45. The third kappa shape index (κ3) is 2.29. The molecule has 3 heterocycles. The molecule has 6 heteroatoms. The van der Waals surface area contributed by atoms with Gasteiger partial charge in [0.25, 0.3) is 0 Å². The Labute approximate surface area is 117 Å². The van der Waals surface area contributed by atoms with Gasteiger partial charge in [0.15, 0.2) is 5.65 Å². The summed E-state index contributed by atoms with van der Waals surface area (Å²) >= 11 is 0. The van der Waals surface area contributed by atoms with Crippen LogP contribution in [0.2, 0.25) is 0 Å². The Morgan fingerprint density at radius 2 is 2.20 bits per heavy atom. The quantitative estimate of drug-likeness (QED) is 0.906. The number of carbonyl (C=O) groups excluding carboxylic acids is 1. The summed E-state index contributed by atoms with van der Waals surface area (Å²) in [6, 6.07) is 3.67. The minimum Gasteiger partial charge on any atom is -0.353 e. The molecule has 2 aromatic heterocycles. The van der Waals surface area contributed by atoms with Crippen molar-refractivity contribution in [2.75, 3.05) is 18.0 Å². The first-order valence-electron chi connectivity index (χ1n) is 6.91. The second-order valence-electron chi connectivity index (χ2n) is 4.86. The number of fused-ring (bicyclic) bond motifs is 1. The predicted molar refractivity (Wildman–Crippen MR) is 76.4 cm³/mol. The molecule has 1 N–H and O–H groups in total. The molecular formula is C14H17N5O. The van der Waals surface area contributed by atoms with E-state index in [1.165, 1.54) is 0 Å². The number of rotatable bonds is 3. The maximum Gasteiger partial charge on any atom is 0.242 e. The van der Waals surface area contributed by atoms with Gasteiger partial charge in [-0.05, 0) is 18.6 Å². The first-order valence-corrected chi connectivity index (χ1v) is 6.91. The van der Waals surface area contributed by atoms with Gasteiger partial charge in [0, 0.05) is 25.5 Å². The monoisotopic (exact) mass is 271 g/mol. The standard InChI is InChI=1S/C14H17N5O/c1-2-3-11-14(20)17-8-9-19(11)12-5-4-10-13(18-12)16-7-6-15-10/h4-7,11H,2-3,8-9H2,1H3,(H,17,20). The largest absolute Gasteiger partial charge is 0.353 e. The number of anilines is 1. The fraction of sp³-hybridized carbons (Fsp3) is 0.429. The Balaban J connectivity index is 1.97. The van der Waals surface area contributed by atoms with Crippen molar-refractivity contribution in [3.05, 3.63) is 24.5 Å². The summed E-state index contributed by atoms with van der Waals surface area (Å²) in [6.45, 7) is 3.51. The average molecular weight is 271 g/mol. The van der Waals surface area contributed by atoms with Gasteiger partial charge >= 0.3 is 0 Å². The molecule has 20 heavy (non-hydrogen) atoms. The maximum absolute atomic E-state index is 12.0. The third-order valence-electron chi connectivity index (χ3n) is 3.50. The topological polar surface area (TPSA) is 71.0 Å². The third-order valence-corrected chi connectivity index (χ3v) is 3.50. The van der Waals surface area contributed by atoms with Crippen molar-refractivity contribution in [3.8, 4) is 0 Å². The van der Waals surface area contributed by atoms with Crippen LogP contribution in [0.3, 0.4) is 0 Å². The number of carbonyl (C=O) groups is 1. The first-order chi connectivity index (χ1) is 9.79. The fourth-order valence-electron chi connectivity index (χ4n) is 2.55. The van der Waals surface area contributed by atoms with Crippen molar-refractivity contribution in [2.24, 2.45) is 0 Å². The van der Waals surface area contributed by atoms with Crippen LogP contribution in [0.25, 0.3) is 11.2 Å². The zero-order chi connectivity index (χ0) is 13.9. The Hall–Kier alpha value is -2.24. The van der Waals surface area contributed by atoms with Crippen LogP contribution in [0, 0.1) is 0 Å². The number of pyridine rings is 1. The van der Waals surface area contributed by atoms with E-state index in [1.807, 2.05) is 12.1 Å². The molecule has 0 saturated carbocycles. The fourth-order valence-corrected chi connectivity index (χ4v) is 2.55. The van der Waals surface area contributed by atoms with E-state index in [2.05, 4.69) is 32.1 Å². The highest BCUT2D eigenvalue weighted by atomic mass is 16.2. The number of hydrogen-bond acceptors (Lipinski definition) is 5. The molecule has 1 atom stereocenters. The number of amides is 1. The van der Waals surface area contributed by atoms with Crippen LogP contribution in [0.4, 0.5) is 5.82 Å². The second kappa shape index (κ2) is 5.40. The normalized spacial score (nSPS) is 19.1. The van der Waals surface area contributed by atoms with Gasteiger partial charge in [0.2, 0.25) is 5.91 Å². The van der Waals surface area contributed by atoms with Gasteiger partial charge in [-0.1, -0.05) is 13.3 Å². The van der Waals surface area contributed by atoms with Gasteiger partial charge in [-0.2, -0.15) is 0 Å². The van der Waals surface area contributed by atoms with Gasteiger partial charge in [-0.25, -0.2) is 9.97 Å². The molecule has 1 aliphatic rings. The summed E-state index contributed by atoms with van der Waals surface area (Å²) in [5.41, 5.74) is 1.39. The number of piperazine rings is 1. The van der Waals surface area contributed by atoms with Gasteiger partial charge < -0.3 is 10.2 Å². The minimum absolute atomic E-state index is 0.0825. The average Bonchev–Trinajstić information content (AvgIpc) is 2.49. The van der Waals surface area contributed by atoms with Crippen LogP contribution in [0.1, 0.15) is 19.8 Å². The highest BCUT2D eigenvalue weighted by molar-refractivity contribution is 5.86. The van der Waals surface area contributed by atoms with Crippen LogP contribution in [-0.2, 0) is 4.79 Å². The molecule has 1 fully saturated rings. The predicted octanol–water partition coefficient (Wildman–Crippen LogP) is 1.13. The molecule has 3 rings (SSSR count). The summed E-state index contributed by atoms with van der Waals surface area (Å²) < 4.78 is 0. The highest BCUT2D eigenvalue weighted by Gasteiger charge is 2.29. The highest BCUT2D eigenvalue weighted by Crippen LogP contribution is 2.21. The minimum atomic E-state index is -0.143. The van der Waals surface area contributed by atoms with Crippen LogP contribution in [-0.4, -0.2) is 40.0 Å². The molecular weight excluding hydrogens is 254 g/mol. The summed E-state index contributed by atoms with van der Waals surface area (Å²) in [4.78, 5) is 27.1. The lowest BCUT2D eigenvalue weighted by atomic mass is 10.1. The molecule has 0 aromatic carbocycles. The van der Waals surface area contributed by atoms with Gasteiger partial charge in [-0.15, -0.1) is 0 Å². The van der Waals surface area contributed by atoms with Gasteiger partial charge in [0.05, 0.1) is 0 Å². The van der Waals surface area contributed by atoms with E-state index < -0.39 is 0 Å². The molecule has 1 amide bonds. The summed E-state index contributed by atoms with van der Waals surface area (Å²) in [5, 5.41) is 2.92. The maximum atomic E-state index is 12.0. The summed E-state index contributed by atoms with van der Waals surface area (Å²) in [7, 11) is 0. The lowest BCUT2D eigenvalue weighted by molar-refractivity contribution is -0.123. The van der Waals surface area contributed by atoms with Crippen molar-refractivity contribution in [1.82, 2.24) is 20.3 Å². The molecule has 6 nitrogen and oxygen atoms in total. The Bertz CT molecular complexity index is 630. The zero-order valence-corrected chi connectivity index (χ0v) is 11.4. The number of hydrogen-bond donors (Lipinski definition) is 1. The number of nitrogens with zero attached hydrogens (tertiary/aromatic N) is 4. The van der Waals surface area contributed by atoms with Gasteiger partial charge in [-0.3, -0.25) is 9.78 Å². The molecule has 104 valence electrons. The smallest absolute Gasteiger partial charge is 0.242 e. The van der Waals surface area contributed by atoms with Crippen LogP contribution < -0.4 is 10.2 Å². The molecule has 1 saturated heterocycles. The van der Waals surface area contributed by atoms with Crippen LogP contribution >= 0.6 is 0 Å². The Morgan fingerprint density at radius 1 is 1.35 bits per heavy atom. The van der Waals surface area contributed by atoms with Gasteiger partial charge in [0.1, 0.15) is 17.4 Å². The van der Waals surface area contributed by atoms with E-state index in [0.29, 0.717) is 12.2 Å². The van der Waals surface area contributed by atoms with E-state index in [-0.39, 0.29) is 11.9 Å². The number of aromatic nitrogens is 3. The molecule has 2 aromatic rings. The molecule has 1 aliphatic heterocycles. The molecule has 1 unspecified atom stereocenters. The van der Waals surface area contributed by atoms with E-state index in [9.17, 15) is 4.79 Å². The molecule has 0 spiro atoms. The van der Waals surface area contributed by atoms with Crippen molar-refractivity contribution in [3.63, 3.8) is 0 Å². The summed E-state index contributed by atoms with van der Waals surface area (Å²) in [5.74, 6) is 0.880. The second-order valence-corrected chi connectivity index (χ2v) is 4.86. The van der Waals surface area contributed by atoms with Crippen molar-refractivity contribution in [1.29, 1.82) is 0 Å². The molecule has 0 bridgehead atoms. The number of nitrogens with one attached hydrogen (secondary N) is 1. The van der Waals surface area contributed by atoms with E-state index in [0.717, 1.165) is 30.7 Å². The van der Waals surface area contributed by atoms with Crippen LogP contribution in [0.5, 0.6) is 0 Å². The molecule has 0 radical (unpaired) electrons. The van der Waals surface area contributed by atoms with Crippen molar-refractivity contribution < 1.29 is 4.79 Å². The first kappa shape index (κ1) is 12.8. The van der Waals surface area contributed by atoms with Crippen molar-refractivity contribution >= 4 is 22.9 Å². The zero-order valence-electron chi connectivity index (χ0n) is 11.4.